The molecule has 3 heteroatoms. The van der Waals surface area contributed by atoms with Crippen LogP contribution in [0.2, 0.25) is 0 Å². The Morgan fingerprint density at radius 1 is 1.00 bits per heavy atom. The Labute approximate surface area is 162 Å². The average molecular weight is 369 g/mol. The lowest BCUT2D eigenvalue weighted by Gasteiger charge is -2.65. The van der Waals surface area contributed by atoms with E-state index in [4.69, 9.17) is 9.47 Å². The maximum atomic E-state index is 13.0. The summed E-state index contributed by atoms with van der Waals surface area (Å²) in [5, 5.41) is 0. The van der Waals surface area contributed by atoms with Crippen LogP contribution in [0.5, 0.6) is 0 Å². The molecule has 0 bridgehead atoms. The first-order valence-electron chi connectivity index (χ1n) is 10.7. The first-order chi connectivity index (χ1) is 12.9. The predicted octanol–water partition coefficient (Wildman–Crippen LogP) is 5.30. The van der Waals surface area contributed by atoms with E-state index in [1.54, 1.807) is 0 Å². The highest BCUT2D eigenvalue weighted by Gasteiger charge is 2.68. The number of fused-ring (bicyclic) bond motifs is 5. The molecule has 27 heavy (non-hydrogen) atoms. The lowest BCUT2D eigenvalue weighted by atomic mass is 9.41. The van der Waals surface area contributed by atoms with Crippen molar-refractivity contribution in [3.8, 4) is 0 Å². The number of rotatable bonds is 1. The predicted molar refractivity (Wildman–Crippen MR) is 104 cm³/mol. The van der Waals surface area contributed by atoms with Gasteiger partial charge in [-0.15, -0.1) is 0 Å². The molecule has 5 rings (SSSR count). The highest BCUT2D eigenvalue weighted by Crippen LogP contribution is 2.70. The van der Waals surface area contributed by atoms with Crippen LogP contribution in [-0.2, 0) is 14.3 Å². The Hall–Kier alpha value is -1.19. The Morgan fingerprint density at radius 2 is 1.78 bits per heavy atom. The van der Waals surface area contributed by atoms with Gasteiger partial charge in [0.1, 0.15) is 5.78 Å². The van der Waals surface area contributed by atoms with Gasteiger partial charge in [0, 0.05) is 22.8 Å². The van der Waals surface area contributed by atoms with Crippen molar-refractivity contribution >= 4 is 5.78 Å². The molecule has 0 unspecified atom stereocenters. The minimum absolute atomic E-state index is 0.00483. The molecule has 1 aromatic carbocycles. The van der Waals surface area contributed by atoms with Crippen LogP contribution < -0.4 is 0 Å². The van der Waals surface area contributed by atoms with Crippen LogP contribution in [-0.4, -0.2) is 18.5 Å². The summed E-state index contributed by atoms with van der Waals surface area (Å²) in [4.78, 5) is 13.0. The van der Waals surface area contributed by atoms with E-state index in [2.05, 4.69) is 32.9 Å². The van der Waals surface area contributed by atoms with Gasteiger partial charge in [-0.3, -0.25) is 4.79 Å². The minimum atomic E-state index is -0.256. The Balaban J connectivity index is 1.46. The van der Waals surface area contributed by atoms with Gasteiger partial charge in [0.25, 0.3) is 0 Å². The van der Waals surface area contributed by atoms with Crippen LogP contribution in [0.25, 0.3) is 0 Å². The molecule has 4 aliphatic rings. The molecule has 7 atom stereocenters. The molecular weight excluding hydrogens is 336 g/mol. The number of ketones is 1. The van der Waals surface area contributed by atoms with Gasteiger partial charge in [-0.1, -0.05) is 51.1 Å². The molecule has 1 aromatic rings. The summed E-state index contributed by atoms with van der Waals surface area (Å²) in [5.74, 6) is 1.58. The van der Waals surface area contributed by atoms with Crippen LogP contribution >= 0.6 is 0 Å². The number of hydrogen-bond donors (Lipinski definition) is 0. The monoisotopic (exact) mass is 368 g/mol. The van der Waals surface area contributed by atoms with Gasteiger partial charge in [0.05, 0.1) is 12.7 Å². The van der Waals surface area contributed by atoms with Crippen LogP contribution in [0, 0.1) is 28.1 Å². The minimum Gasteiger partial charge on any atom is -0.348 e. The SMILES string of the molecule is C[C@]12CO[C@H](c3ccccc3)O[C@@H]1CC[C@]1(C)[C@H]2CC[C@H]2CCC(=O)[C@@]21C. The van der Waals surface area contributed by atoms with Crippen molar-refractivity contribution in [2.45, 2.75) is 71.7 Å². The number of carbonyl (C=O) groups excluding carboxylic acids is 1. The quantitative estimate of drug-likeness (QED) is 0.674. The van der Waals surface area contributed by atoms with Crippen LogP contribution in [0.4, 0.5) is 0 Å². The highest BCUT2D eigenvalue weighted by molar-refractivity contribution is 5.88. The van der Waals surface area contributed by atoms with E-state index in [-0.39, 0.29) is 28.6 Å². The van der Waals surface area contributed by atoms with Crippen molar-refractivity contribution in [2.75, 3.05) is 6.61 Å². The lowest BCUT2D eigenvalue weighted by molar-refractivity contribution is -0.314. The third-order valence-corrected chi connectivity index (χ3v) is 9.24. The van der Waals surface area contributed by atoms with Crippen molar-refractivity contribution in [3.63, 3.8) is 0 Å². The maximum Gasteiger partial charge on any atom is 0.184 e. The Bertz CT molecular complexity index is 745. The molecule has 3 saturated carbocycles. The average Bonchev–Trinajstić information content (AvgIpc) is 2.98. The van der Waals surface area contributed by atoms with Crippen LogP contribution in [0.3, 0.4) is 0 Å². The molecule has 0 amide bonds. The molecular formula is C24H32O3. The summed E-state index contributed by atoms with van der Waals surface area (Å²) < 4.78 is 12.8. The van der Waals surface area contributed by atoms with Gasteiger partial charge < -0.3 is 9.47 Å². The van der Waals surface area contributed by atoms with Crippen molar-refractivity contribution < 1.29 is 14.3 Å². The van der Waals surface area contributed by atoms with Crippen molar-refractivity contribution in [1.82, 2.24) is 0 Å². The zero-order valence-corrected chi connectivity index (χ0v) is 16.9. The van der Waals surface area contributed by atoms with Crippen LogP contribution in [0.1, 0.15) is 71.1 Å². The third-order valence-electron chi connectivity index (χ3n) is 9.24. The molecule has 0 radical (unpaired) electrons. The van der Waals surface area contributed by atoms with Gasteiger partial charge >= 0.3 is 0 Å². The largest absolute Gasteiger partial charge is 0.348 e. The Morgan fingerprint density at radius 3 is 2.56 bits per heavy atom. The van der Waals surface area contributed by atoms with Gasteiger partial charge in [0.15, 0.2) is 6.29 Å². The molecule has 0 aromatic heterocycles. The molecule has 3 nitrogen and oxygen atoms in total. The molecule has 0 N–H and O–H groups in total. The lowest BCUT2D eigenvalue weighted by Crippen LogP contribution is -2.64. The third kappa shape index (κ3) is 2.25. The zero-order chi connectivity index (χ0) is 18.9. The molecule has 1 aliphatic heterocycles. The van der Waals surface area contributed by atoms with Gasteiger partial charge in [-0.25, -0.2) is 0 Å². The Kier molecular flexibility index (Phi) is 3.91. The zero-order valence-electron chi connectivity index (χ0n) is 16.9. The normalized spacial score (nSPS) is 49.2. The second-order valence-corrected chi connectivity index (χ2v) is 10.1. The highest BCUT2D eigenvalue weighted by atomic mass is 16.7. The van der Waals surface area contributed by atoms with E-state index < -0.39 is 0 Å². The summed E-state index contributed by atoms with van der Waals surface area (Å²) in [5.41, 5.74) is 1.02. The van der Waals surface area contributed by atoms with Crippen molar-refractivity contribution in [1.29, 1.82) is 0 Å². The fraction of sp³-hybridized carbons (Fsp3) is 0.708. The molecule has 3 aliphatic carbocycles. The first kappa shape index (κ1) is 17.9. The topological polar surface area (TPSA) is 35.5 Å². The molecule has 4 fully saturated rings. The number of Topliss-reactive ketones (excluding diaryl/α,β-unsaturated/α-hetero) is 1. The molecule has 1 heterocycles. The fourth-order valence-electron chi connectivity index (χ4n) is 7.47. The molecule has 1 saturated heterocycles. The summed E-state index contributed by atoms with van der Waals surface area (Å²) in [6.07, 6.45) is 6.37. The summed E-state index contributed by atoms with van der Waals surface area (Å²) in [7, 11) is 0. The summed E-state index contributed by atoms with van der Waals surface area (Å²) in [6, 6.07) is 10.3. The van der Waals surface area contributed by atoms with E-state index in [0.29, 0.717) is 17.6 Å². The van der Waals surface area contributed by atoms with E-state index in [9.17, 15) is 4.79 Å². The standard InChI is InChI=1S/C24H32O3/c1-22-15-26-21(16-7-5-4-6-8-16)27-20(22)13-14-23(2)18(22)11-9-17-10-12-19(25)24(17,23)3/h4-8,17-18,20-21H,9-15H2,1-3H3/t17-,18-,20+,21-,22+,23+,24+/m0/s1. The van der Waals surface area contributed by atoms with Gasteiger partial charge in [-0.05, 0) is 49.4 Å². The molecule has 0 spiro atoms. The number of hydrogen-bond acceptors (Lipinski definition) is 3. The van der Waals surface area contributed by atoms with Gasteiger partial charge in [0.2, 0.25) is 0 Å². The second kappa shape index (κ2) is 5.90. The number of benzene rings is 1. The van der Waals surface area contributed by atoms with Crippen molar-refractivity contribution in [2.24, 2.45) is 28.1 Å². The molecule has 146 valence electrons. The number of carbonyl (C=O) groups is 1. The summed E-state index contributed by atoms with van der Waals surface area (Å²) >= 11 is 0. The second-order valence-electron chi connectivity index (χ2n) is 10.1. The van der Waals surface area contributed by atoms with Crippen LogP contribution in [0.15, 0.2) is 30.3 Å². The summed E-state index contributed by atoms with van der Waals surface area (Å²) in [6.45, 7) is 7.80. The smallest absolute Gasteiger partial charge is 0.184 e. The maximum absolute atomic E-state index is 13.0. The van der Waals surface area contributed by atoms with E-state index in [0.717, 1.165) is 37.9 Å². The van der Waals surface area contributed by atoms with Crippen molar-refractivity contribution in [3.05, 3.63) is 35.9 Å². The van der Waals surface area contributed by atoms with Gasteiger partial charge in [-0.2, -0.15) is 0 Å². The van der Waals surface area contributed by atoms with E-state index in [1.807, 2.05) is 18.2 Å². The number of ether oxygens (including phenoxy) is 2. The fourth-order valence-corrected chi connectivity index (χ4v) is 7.47. The van der Waals surface area contributed by atoms with E-state index >= 15 is 0 Å². The first-order valence-corrected chi connectivity index (χ1v) is 10.7. The van der Waals surface area contributed by atoms with E-state index in [1.165, 1.54) is 12.8 Å².